The highest BCUT2D eigenvalue weighted by Gasteiger charge is 2.34. The van der Waals surface area contributed by atoms with Gasteiger partial charge in [-0.25, -0.2) is 9.97 Å². The molecule has 1 heterocycles. The van der Waals surface area contributed by atoms with Crippen LogP contribution in [0.5, 0.6) is 0 Å². The molecule has 1 amide bonds. The van der Waals surface area contributed by atoms with Gasteiger partial charge in [-0.3, -0.25) is 4.79 Å². The second-order valence-corrected chi connectivity index (χ2v) is 9.51. The molecule has 0 unspecified atom stereocenters. The summed E-state index contributed by atoms with van der Waals surface area (Å²) in [5, 5.41) is 2.57. The highest BCUT2D eigenvalue weighted by molar-refractivity contribution is 9.11. The van der Waals surface area contributed by atoms with Crippen LogP contribution in [-0.4, -0.2) is 21.6 Å². The lowest BCUT2D eigenvalue weighted by molar-refractivity contribution is -0.141. The first-order chi connectivity index (χ1) is 14.1. The molecule has 0 fully saturated rings. The van der Waals surface area contributed by atoms with Crippen molar-refractivity contribution in [1.29, 1.82) is 0 Å². The molecule has 3 aromatic rings. The van der Waals surface area contributed by atoms with E-state index in [4.69, 9.17) is 0 Å². The maximum Gasteiger partial charge on any atom is 0.433 e. The number of hydrogen-bond donors (Lipinski definition) is 1. The number of nitrogens with zero attached hydrogens (tertiary/aromatic N) is 2. The molecule has 1 N–H and O–H groups in total. The van der Waals surface area contributed by atoms with E-state index in [0.29, 0.717) is 15.7 Å². The maximum absolute atomic E-state index is 13.3. The van der Waals surface area contributed by atoms with Crippen LogP contribution in [0.2, 0.25) is 0 Å². The van der Waals surface area contributed by atoms with Crippen molar-refractivity contribution in [2.24, 2.45) is 0 Å². The van der Waals surface area contributed by atoms with Crippen molar-refractivity contribution in [3.8, 4) is 11.3 Å². The van der Waals surface area contributed by atoms with Gasteiger partial charge in [0, 0.05) is 19.0 Å². The van der Waals surface area contributed by atoms with Crippen LogP contribution >= 0.6 is 59.6 Å². The SMILES string of the molecule is O=C(CSc1nc(-c2ccc(Br)cc2)cc(C(F)(F)F)n1)Nc1cc(Br)ccc1Br. The van der Waals surface area contributed by atoms with Gasteiger partial charge in [0.2, 0.25) is 5.91 Å². The number of carbonyl (C=O) groups excluding carboxylic acids is 1. The fourth-order valence-corrected chi connectivity index (χ4v) is 3.94. The Labute approximate surface area is 199 Å². The lowest BCUT2D eigenvalue weighted by Crippen LogP contribution is -2.15. The molecule has 0 aliphatic carbocycles. The molecule has 0 aliphatic rings. The van der Waals surface area contributed by atoms with Crippen molar-refractivity contribution in [3.05, 3.63) is 67.6 Å². The third kappa shape index (κ3) is 6.29. The van der Waals surface area contributed by atoms with Gasteiger partial charge >= 0.3 is 6.18 Å². The fraction of sp³-hybridized carbons (Fsp3) is 0.105. The van der Waals surface area contributed by atoms with Crippen molar-refractivity contribution in [2.75, 3.05) is 11.1 Å². The first kappa shape index (κ1) is 23.2. The molecule has 0 aliphatic heterocycles. The molecular formula is C19H11Br3F3N3OS. The van der Waals surface area contributed by atoms with Crippen molar-refractivity contribution in [1.82, 2.24) is 9.97 Å². The first-order valence-electron chi connectivity index (χ1n) is 8.22. The van der Waals surface area contributed by atoms with E-state index < -0.39 is 17.8 Å². The topological polar surface area (TPSA) is 54.9 Å². The Kier molecular flexibility index (Phi) is 7.59. The summed E-state index contributed by atoms with van der Waals surface area (Å²) < 4.78 is 42.1. The van der Waals surface area contributed by atoms with Crippen LogP contribution in [0.3, 0.4) is 0 Å². The predicted molar refractivity (Wildman–Crippen MR) is 121 cm³/mol. The number of hydrogen-bond acceptors (Lipinski definition) is 4. The summed E-state index contributed by atoms with van der Waals surface area (Å²) in [7, 11) is 0. The number of aromatic nitrogens is 2. The van der Waals surface area contributed by atoms with Crippen LogP contribution in [0.15, 0.2) is 67.1 Å². The molecule has 2 aromatic carbocycles. The average molecular weight is 626 g/mol. The van der Waals surface area contributed by atoms with E-state index >= 15 is 0 Å². The quantitative estimate of drug-likeness (QED) is 0.241. The van der Waals surface area contributed by atoms with Gasteiger partial charge in [0.15, 0.2) is 5.16 Å². The molecule has 0 spiro atoms. The number of amides is 1. The maximum atomic E-state index is 13.3. The van der Waals surface area contributed by atoms with E-state index in [1.807, 2.05) is 0 Å². The number of carbonyl (C=O) groups is 1. The Balaban J connectivity index is 1.80. The number of anilines is 1. The molecule has 30 heavy (non-hydrogen) atoms. The second kappa shape index (κ2) is 9.80. The number of alkyl halides is 3. The Hall–Kier alpha value is -1.43. The predicted octanol–water partition coefficient (Wildman–Crippen LogP) is 7.18. The Morgan fingerprint density at radius 2 is 1.63 bits per heavy atom. The molecule has 11 heteroatoms. The fourth-order valence-electron chi connectivity index (χ4n) is 2.31. The zero-order valence-corrected chi connectivity index (χ0v) is 20.4. The molecule has 0 bridgehead atoms. The van der Waals surface area contributed by atoms with Crippen LogP contribution in [0.1, 0.15) is 5.69 Å². The van der Waals surface area contributed by atoms with E-state index in [1.165, 1.54) is 0 Å². The summed E-state index contributed by atoms with van der Waals surface area (Å²) in [6.45, 7) is 0. The molecule has 3 rings (SSSR count). The summed E-state index contributed by atoms with van der Waals surface area (Å²) in [4.78, 5) is 20.0. The third-order valence-electron chi connectivity index (χ3n) is 3.67. The number of thioether (sulfide) groups is 1. The molecular weight excluding hydrogens is 615 g/mol. The summed E-state index contributed by atoms with van der Waals surface area (Å²) in [5.41, 5.74) is 0.112. The molecule has 0 atom stereocenters. The van der Waals surface area contributed by atoms with Crippen LogP contribution in [0.25, 0.3) is 11.3 Å². The highest BCUT2D eigenvalue weighted by atomic mass is 79.9. The van der Waals surface area contributed by atoms with E-state index in [2.05, 4.69) is 63.1 Å². The molecule has 0 saturated carbocycles. The minimum atomic E-state index is -4.63. The van der Waals surface area contributed by atoms with E-state index in [1.54, 1.807) is 42.5 Å². The molecule has 156 valence electrons. The van der Waals surface area contributed by atoms with E-state index in [-0.39, 0.29) is 16.6 Å². The highest BCUT2D eigenvalue weighted by Crippen LogP contribution is 2.32. The summed E-state index contributed by atoms with van der Waals surface area (Å²) >= 11 is 10.8. The van der Waals surface area contributed by atoms with Gasteiger partial charge in [-0.05, 0) is 52.3 Å². The standard InChI is InChI=1S/C19H11Br3F3N3OS/c20-11-3-1-10(2-4-11)14-8-16(19(23,24)25)28-18(27-14)30-9-17(29)26-15-7-12(21)5-6-13(15)22/h1-8H,9H2,(H,26,29). The number of rotatable bonds is 5. The Bertz CT molecular complexity index is 1080. The van der Waals surface area contributed by atoms with Crippen molar-refractivity contribution >= 4 is 71.1 Å². The van der Waals surface area contributed by atoms with Gasteiger partial charge in [0.1, 0.15) is 5.69 Å². The van der Waals surface area contributed by atoms with Crippen molar-refractivity contribution in [2.45, 2.75) is 11.3 Å². The molecule has 0 radical (unpaired) electrons. The van der Waals surface area contributed by atoms with E-state index in [0.717, 1.165) is 26.8 Å². The average Bonchev–Trinajstić information content (AvgIpc) is 2.69. The van der Waals surface area contributed by atoms with Gasteiger partial charge in [-0.15, -0.1) is 0 Å². The first-order valence-corrected chi connectivity index (χ1v) is 11.6. The summed E-state index contributed by atoms with van der Waals surface area (Å²) in [5.74, 6) is -0.551. The minimum Gasteiger partial charge on any atom is -0.324 e. The zero-order valence-electron chi connectivity index (χ0n) is 14.8. The van der Waals surface area contributed by atoms with Crippen LogP contribution < -0.4 is 5.32 Å². The molecule has 0 saturated heterocycles. The van der Waals surface area contributed by atoms with Gasteiger partial charge < -0.3 is 5.32 Å². The summed E-state index contributed by atoms with van der Waals surface area (Å²) in [6, 6.07) is 12.9. The molecule has 4 nitrogen and oxygen atoms in total. The van der Waals surface area contributed by atoms with Crippen LogP contribution in [-0.2, 0) is 11.0 Å². The number of benzene rings is 2. The van der Waals surface area contributed by atoms with Crippen LogP contribution in [0.4, 0.5) is 18.9 Å². The number of halogens is 6. The minimum absolute atomic E-state index is 0.127. The van der Waals surface area contributed by atoms with Gasteiger partial charge in [0.05, 0.1) is 17.1 Å². The van der Waals surface area contributed by atoms with Crippen LogP contribution in [0, 0.1) is 0 Å². The third-order valence-corrected chi connectivity index (χ3v) is 6.23. The monoisotopic (exact) mass is 623 g/mol. The van der Waals surface area contributed by atoms with Crippen molar-refractivity contribution in [3.63, 3.8) is 0 Å². The van der Waals surface area contributed by atoms with Gasteiger partial charge in [-0.2, -0.15) is 13.2 Å². The van der Waals surface area contributed by atoms with Gasteiger partial charge in [0.25, 0.3) is 0 Å². The lowest BCUT2D eigenvalue weighted by Gasteiger charge is -2.11. The Morgan fingerprint density at radius 1 is 0.967 bits per heavy atom. The Morgan fingerprint density at radius 3 is 2.30 bits per heavy atom. The summed E-state index contributed by atoms with van der Waals surface area (Å²) in [6.07, 6.45) is -4.63. The lowest BCUT2D eigenvalue weighted by atomic mass is 10.1. The smallest absolute Gasteiger partial charge is 0.324 e. The second-order valence-electron chi connectivity index (χ2n) is 5.89. The molecule has 1 aromatic heterocycles. The normalized spacial score (nSPS) is 11.4. The van der Waals surface area contributed by atoms with Crippen molar-refractivity contribution < 1.29 is 18.0 Å². The van der Waals surface area contributed by atoms with E-state index in [9.17, 15) is 18.0 Å². The largest absolute Gasteiger partial charge is 0.433 e. The zero-order chi connectivity index (χ0) is 21.9. The number of nitrogens with one attached hydrogen (secondary N) is 1. The van der Waals surface area contributed by atoms with Gasteiger partial charge in [-0.1, -0.05) is 55.8 Å².